The fraction of sp³-hybridized carbons (Fsp3) is 0.467. The number of methoxy groups -OCH3 is 1. The molecule has 0 bridgehead atoms. The summed E-state index contributed by atoms with van der Waals surface area (Å²) in [6.07, 6.45) is 1.33. The molecule has 1 aliphatic heterocycles. The highest BCUT2D eigenvalue weighted by Crippen LogP contribution is 2.24. The van der Waals surface area contributed by atoms with Crippen molar-refractivity contribution in [3.05, 3.63) is 30.3 Å². The average molecular weight is 276 g/mol. The molecular weight excluding hydrogens is 256 g/mol. The van der Waals surface area contributed by atoms with E-state index in [1.165, 1.54) is 0 Å². The number of carbonyl (C=O) groups excluding carboxylic acids is 2. The zero-order valence-electron chi connectivity index (χ0n) is 11.7. The van der Waals surface area contributed by atoms with Crippen molar-refractivity contribution in [3.8, 4) is 0 Å². The van der Waals surface area contributed by atoms with Crippen molar-refractivity contribution in [2.45, 2.75) is 12.8 Å². The van der Waals surface area contributed by atoms with E-state index in [0.717, 1.165) is 12.1 Å². The lowest BCUT2D eigenvalue weighted by atomic mass is 10.1. The minimum atomic E-state index is -0.558. The number of hydrogen-bond acceptors (Lipinski definition) is 3. The van der Waals surface area contributed by atoms with Gasteiger partial charge in [-0.2, -0.15) is 0 Å². The lowest BCUT2D eigenvalue weighted by Crippen LogP contribution is -2.37. The highest BCUT2D eigenvalue weighted by Gasteiger charge is 2.37. The molecule has 0 aromatic heterocycles. The Kier molecular flexibility index (Phi) is 5.12. The summed E-state index contributed by atoms with van der Waals surface area (Å²) >= 11 is 0. The molecule has 20 heavy (non-hydrogen) atoms. The van der Waals surface area contributed by atoms with Crippen LogP contribution >= 0.6 is 0 Å². The fourth-order valence-electron chi connectivity index (χ4n) is 2.34. The largest absolute Gasteiger partial charge is 0.385 e. The lowest BCUT2D eigenvalue weighted by Gasteiger charge is -2.16. The SMILES string of the molecule is COCCCNC(=O)C1CCN(c2ccccc2)C1=O. The van der Waals surface area contributed by atoms with Gasteiger partial charge in [0.15, 0.2) is 0 Å². The Morgan fingerprint density at radius 1 is 1.40 bits per heavy atom. The van der Waals surface area contributed by atoms with E-state index in [2.05, 4.69) is 5.32 Å². The van der Waals surface area contributed by atoms with Crippen molar-refractivity contribution in [1.82, 2.24) is 5.32 Å². The first-order chi connectivity index (χ1) is 9.74. The van der Waals surface area contributed by atoms with Gasteiger partial charge in [0, 0.05) is 32.5 Å². The molecule has 1 N–H and O–H groups in total. The van der Waals surface area contributed by atoms with Crippen LogP contribution in [0, 0.1) is 5.92 Å². The number of nitrogens with zero attached hydrogens (tertiary/aromatic N) is 1. The number of rotatable bonds is 6. The molecule has 1 atom stereocenters. The van der Waals surface area contributed by atoms with E-state index >= 15 is 0 Å². The molecule has 1 aromatic carbocycles. The Bertz CT molecular complexity index is 461. The van der Waals surface area contributed by atoms with Crippen LogP contribution in [0.4, 0.5) is 5.69 Å². The van der Waals surface area contributed by atoms with Crippen molar-refractivity contribution in [2.75, 3.05) is 31.7 Å². The fourth-order valence-corrected chi connectivity index (χ4v) is 2.34. The first kappa shape index (κ1) is 14.5. The third-order valence-corrected chi connectivity index (χ3v) is 3.41. The van der Waals surface area contributed by atoms with Gasteiger partial charge in [0.25, 0.3) is 0 Å². The van der Waals surface area contributed by atoms with Crippen molar-refractivity contribution < 1.29 is 14.3 Å². The zero-order chi connectivity index (χ0) is 14.4. The highest BCUT2D eigenvalue weighted by molar-refractivity contribution is 6.09. The van der Waals surface area contributed by atoms with Gasteiger partial charge >= 0.3 is 0 Å². The number of hydrogen-bond donors (Lipinski definition) is 1. The van der Waals surface area contributed by atoms with E-state index in [4.69, 9.17) is 4.74 Å². The predicted molar refractivity (Wildman–Crippen MR) is 76.4 cm³/mol. The molecule has 0 saturated carbocycles. The number of carbonyl (C=O) groups is 2. The highest BCUT2D eigenvalue weighted by atomic mass is 16.5. The Morgan fingerprint density at radius 3 is 2.85 bits per heavy atom. The summed E-state index contributed by atoms with van der Waals surface area (Å²) in [5, 5.41) is 2.80. The Balaban J connectivity index is 1.89. The quantitative estimate of drug-likeness (QED) is 0.627. The second-order valence-corrected chi connectivity index (χ2v) is 4.80. The standard InChI is InChI=1S/C15H20N2O3/c1-20-11-5-9-16-14(18)13-8-10-17(15(13)19)12-6-3-2-4-7-12/h2-4,6-7,13H,5,8-11H2,1H3,(H,16,18). The van der Waals surface area contributed by atoms with Gasteiger partial charge in [0.2, 0.25) is 11.8 Å². The van der Waals surface area contributed by atoms with Crippen LogP contribution in [0.5, 0.6) is 0 Å². The molecule has 0 radical (unpaired) electrons. The van der Waals surface area contributed by atoms with Crippen LogP contribution in [0.1, 0.15) is 12.8 Å². The molecule has 5 heteroatoms. The van der Waals surface area contributed by atoms with Gasteiger partial charge in [-0.1, -0.05) is 18.2 Å². The Morgan fingerprint density at radius 2 is 2.15 bits per heavy atom. The molecule has 0 aliphatic carbocycles. The maximum atomic E-state index is 12.3. The minimum Gasteiger partial charge on any atom is -0.385 e. The number of nitrogens with one attached hydrogen (secondary N) is 1. The van der Waals surface area contributed by atoms with Gasteiger partial charge in [-0.05, 0) is 25.0 Å². The van der Waals surface area contributed by atoms with Crippen LogP contribution in [0.3, 0.4) is 0 Å². The molecule has 1 aliphatic rings. The minimum absolute atomic E-state index is 0.111. The molecule has 108 valence electrons. The van der Waals surface area contributed by atoms with Crippen LogP contribution in [0.2, 0.25) is 0 Å². The van der Waals surface area contributed by atoms with Gasteiger partial charge in [-0.15, -0.1) is 0 Å². The Labute approximate surface area is 118 Å². The van der Waals surface area contributed by atoms with Crippen molar-refractivity contribution in [3.63, 3.8) is 0 Å². The van der Waals surface area contributed by atoms with E-state index in [-0.39, 0.29) is 11.8 Å². The monoisotopic (exact) mass is 276 g/mol. The zero-order valence-corrected chi connectivity index (χ0v) is 11.7. The molecule has 2 amide bonds. The van der Waals surface area contributed by atoms with Gasteiger partial charge in [-0.25, -0.2) is 0 Å². The average Bonchev–Trinajstić information content (AvgIpc) is 2.86. The molecule has 1 saturated heterocycles. The molecule has 1 aromatic rings. The van der Waals surface area contributed by atoms with Gasteiger partial charge in [0.05, 0.1) is 0 Å². The summed E-state index contributed by atoms with van der Waals surface area (Å²) in [6.45, 7) is 1.75. The molecular formula is C15H20N2O3. The molecule has 1 heterocycles. The van der Waals surface area contributed by atoms with Crippen LogP contribution in [-0.4, -0.2) is 38.6 Å². The van der Waals surface area contributed by atoms with Crippen molar-refractivity contribution in [1.29, 1.82) is 0 Å². The van der Waals surface area contributed by atoms with Gasteiger partial charge in [-0.3, -0.25) is 9.59 Å². The second kappa shape index (κ2) is 7.05. The third-order valence-electron chi connectivity index (χ3n) is 3.41. The Hall–Kier alpha value is -1.88. The molecule has 1 fully saturated rings. The summed E-state index contributed by atoms with van der Waals surface area (Å²) in [7, 11) is 1.63. The second-order valence-electron chi connectivity index (χ2n) is 4.80. The van der Waals surface area contributed by atoms with Crippen LogP contribution in [-0.2, 0) is 14.3 Å². The normalized spacial score (nSPS) is 18.4. The van der Waals surface area contributed by atoms with Gasteiger partial charge in [0.1, 0.15) is 5.92 Å². The van der Waals surface area contributed by atoms with E-state index in [1.807, 2.05) is 30.3 Å². The molecule has 5 nitrogen and oxygen atoms in total. The van der Waals surface area contributed by atoms with E-state index in [1.54, 1.807) is 12.0 Å². The van der Waals surface area contributed by atoms with Gasteiger partial charge < -0.3 is 15.0 Å². The van der Waals surface area contributed by atoms with E-state index in [0.29, 0.717) is 26.1 Å². The first-order valence-electron chi connectivity index (χ1n) is 6.87. The molecule has 1 unspecified atom stereocenters. The summed E-state index contributed by atoms with van der Waals surface area (Å²) in [6, 6.07) is 9.46. The van der Waals surface area contributed by atoms with E-state index in [9.17, 15) is 9.59 Å². The van der Waals surface area contributed by atoms with Crippen molar-refractivity contribution in [2.24, 2.45) is 5.92 Å². The summed E-state index contributed by atoms with van der Waals surface area (Å²) in [5.74, 6) is -0.845. The van der Waals surface area contributed by atoms with E-state index < -0.39 is 5.92 Å². The topological polar surface area (TPSA) is 58.6 Å². The predicted octanol–water partition coefficient (Wildman–Crippen LogP) is 1.19. The maximum Gasteiger partial charge on any atom is 0.239 e. The number of ether oxygens (including phenoxy) is 1. The van der Waals surface area contributed by atoms with Crippen LogP contribution in [0.25, 0.3) is 0 Å². The smallest absolute Gasteiger partial charge is 0.239 e. The number of benzene rings is 1. The summed E-state index contributed by atoms with van der Waals surface area (Å²) < 4.78 is 4.92. The molecule has 2 rings (SSSR count). The maximum absolute atomic E-state index is 12.3. The third kappa shape index (κ3) is 3.36. The first-order valence-corrected chi connectivity index (χ1v) is 6.87. The number of amides is 2. The lowest BCUT2D eigenvalue weighted by molar-refractivity contribution is -0.132. The number of anilines is 1. The van der Waals surface area contributed by atoms with Crippen LogP contribution < -0.4 is 10.2 Å². The summed E-state index contributed by atoms with van der Waals surface area (Å²) in [5.41, 5.74) is 0.854. The summed E-state index contributed by atoms with van der Waals surface area (Å²) in [4.78, 5) is 26.0. The number of para-hydroxylation sites is 1. The van der Waals surface area contributed by atoms with Crippen LogP contribution in [0.15, 0.2) is 30.3 Å². The van der Waals surface area contributed by atoms with Crippen molar-refractivity contribution >= 4 is 17.5 Å². The molecule has 0 spiro atoms.